The van der Waals surface area contributed by atoms with Crippen molar-refractivity contribution in [2.75, 3.05) is 13.2 Å². The number of para-hydroxylation sites is 1. The highest BCUT2D eigenvalue weighted by Gasteiger charge is 2.05. The third-order valence-corrected chi connectivity index (χ3v) is 3.25. The maximum Gasteiger partial charge on any atom is 0.315 e. The normalized spacial score (nSPS) is 11.6. The molecule has 0 fully saturated rings. The number of amides is 2. The summed E-state index contributed by atoms with van der Waals surface area (Å²) in [6, 6.07) is 16.9. The standard InChI is InChI=1S/C18H22N2O3/c1-14(13-21)11-19-18(22)20-12-15-6-5-9-17(10-15)23-16-7-3-2-4-8-16/h2-10,14,21H,11-13H2,1H3,(H2,19,20,22). The lowest BCUT2D eigenvalue weighted by Crippen LogP contribution is -2.38. The highest BCUT2D eigenvalue weighted by Crippen LogP contribution is 2.21. The second kappa shape index (κ2) is 8.80. The molecule has 5 nitrogen and oxygen atoms in total. The summed E-state index contributed by atoms with van der Waals surface area (Å²) in [6.07, 6.45) is 0. The summed E-state index contributed by atoms with van der Waals surface area (Å²) in [7, 11) is 0. The van der Waals surface area contributed by atoms with Crippen LogP contribution in [0.4, 0.5) is 4.79 Å². The Hall–Kier alpha value is -2.53. The highest BCUT2D eigenvalue weighted by atomic mass is 16.5. The molecule has 0 aliphatic rings. The smallest absolute Gasteiger partial charge is 0.315 e. The Balaban J connectivity index is 1.84. The monoisotopic (exact) mass is 314 g/mol. The van der Waals surface area contributed by atoms with Crippen molar-refractivity contribution in [3.63, 3.8) is 0 Å². The van der Waals surface area contributed by atoms with Gasteiger partial charge in [0.15, 0.2) is 0 Å². The molecule has 3 N–H and O–H groups in total. The minimum absolute atomic E-state index is 0.0448. The fraction of sp³-hybridized carbons (Fsp3) is 0.278. The zero-order chi connectivity index (χ0) is 16.5. The van der Waals surface area contributed by atoms with Crippen LogP contribution in [0.5, 0.6) is 11.5 Å². The number of nitrogens with one attached hydrogen (secondary N) is 2. The Morgan fingerprint density at radius 1 is 1.09 bits per heavy atom. The quantitative estimate of drug-likeness (QED) is 0.736. The fourth-order valence-corrected chi connectivity index (χ4v) is 1.92. The fourth-order valence-electron chi connectivity index (χ4n) is 1.92. The van der Waals surface area contributed by atoms with Crippen LogP contribution in [0, 0.1) is 5.92 Å². The summed E-state index contributed by atoms with van der Waals surface area (Å²) >= 11 is 0. The summed E-state index contributed by atoms with van der Waals surface area (Å²) in [5.74, 6) is 1.54. The first kappa shape index (κ1) is 16.8. The number of hydrogen-bond donors (Lipinski definition) is 3. The first-order valence-corrected chi connectivity index (χ1v) is 7.62. The molecule has 23 heavy (non-hydrogen) atoms. The average molecular weight is 314 g/mol. The second-order valence-corrected chi connectivity index (χ2v) is 5.41. The molecule has 0 bridgehead atoms. The Morgan fingerprint density at radius 2 is 1.83 bits per heavy atom. The Morgan fingerprint density at radius 3 is 2.57 bits per heavy atom. The lowest BCUT2D eigenvalue weighted by Gasteiger charge is -2.11. The van der Waals surface area contributed by atoms with Crippen LogP contribution in [0.1, 0.15) is 12.5 Å². The van der Waals surface area contributed by atoms with Gasteiger partial charge in [-0.05, 0) is 35.7 Å². The number of benzene rings is 2. The molecule has 0 aliphatic heterocycles. The number of hydrogen-bond acceptors (Lipinski definition) is 3. The van der Waals surface area contributed by atoms with Gasteiger partial charge >= 0.3 is 6.03 Å². The Labute approximate surface area is 136 Å². The van der Waals surface area contributed by atoms with Crippen molar-refractivity contribution in [1.29, 1.82) is 0 Å². The van der Waals surface area contributed by atoms with Gasteiger partial charge in [0.05, 0.1) is 0 Å². The number of ether oxygens (including phenoxy) is 1. The summed E-state index contributed by atoms with van der Waals surface area (Å²) in [5, 5.41) is 14.4. The number of carbonyl (C=O) groups excluding carboxylic acids is 1. The zero-order valence-corrected chi connectivity index (χ0v) is 13.2. The molecule has 122 valence electrons. The van der Waals surface area contributed by atoms with E-state index in [1.165, 1.54) is 0 Å². The van der Waals surface area contributed by atoms with E-state index in [0.717, 1.165) is 17.1 Å². The lowest BCUT2D eigenvalue weighted by atomic mass is 10.2. The molecular formula is C18H22N2O3. The van der Waals surface area contributed by atoms with Gasteiger partial charge in [-0.3, -0.25) is 0 Å². The van der Waals surface area contributed by atoms with Crippen molar-refractivity contribution in [3.05, 3.63) is 60.2 Å². The van der Waals surface area contributed by atoms with Crippen LogP contribution in [-0.2, 0) is 6.54 Å². The Bertz CT molecular complexity index is 617. The predicted octanol–water partition coefficient (Wildman–Crippen LogP) is 2.91. The molecule has 0 heterocycles. The molecule has 2 rings (SSSR count). The summed E-state index contributed by atoms with van der Waals surface area (Å²) < 4.78 is 5.76. The third kappa shape index (κ3) is 6.00. The molecule has 5 heteroatoms. The average Bonchev–Trinajstić information content (AvgIpc) is 2.59. The molecule has 2 aromatic carbocycles. The van der Waals surface area contributed by atoms with Crippen LogP contribution in [0.25, 0.3) is 0 Å². The topological polar surface area (TPSA) is 70.6 Å². The third-order valence-electron chi connectivity index (χ3n) is 3.25. The van der Waals surface area contributed by atoms with Crippen molar-refractivity contribution >= 4 is 6.03 Å². The minimum Gasteiger partial charge on any atom is -0.457 e. The van der Waals surface area contributed by atoms with Gasteiger partial charge in [-0.25, -0.2) is 4.79 Å². The minimum atomic E-state index is -0.250. The maximum absolute atomic E-state index is 11.7. The van der Waals surface area contributed by atoms with Gasteiger partial charge in [0.2, 0.25) is 0 Å². The van der Waals surface area contributed by atoms with Gasteiger partial charge in [-0.15, -0.1) is 0 Å². The zero-order valence-electron chi connectivity index (χ0n) is 13.2. The van der Waals surface area contributed by atoms with E-state index in [0.29, 0.717) is 13.1 Å². The van der Waals surface area contributed by atoms with Crippen molar-refractivity contribution < 1.29 is 14.6 Å². The molecule has 1 unspecified atom stereocenters. The number of rotatable bonds is 7. The van der Waals surface area contributed by atoms with Gasteiger partial charge in [-0.1, -0.05) is 37.3 Å². The number of urea groups is 1. The molecular weight excluding hydrogens is 292 g/mol. The van der Waals surface area contributed by atoms with E-state index in [1.54, 1.807) is 0 Å². The van der Waals surface area contributed by atoms with E-state index < -0.39 is 0 Å². The van der Waals surface area contributed by atoms with Crippen LogP contribution in [0.15, 0.2) is 54.6 Å². The highest BCUT2D eigenvalue weighted by molar-refractivity contribution is 5.73. The van der Waals surface area contributed by atoms with E-state index in [4.69, 9.17) is 9.84 Å². The van der Waals surface area contributed by atoms with Gasteiger partial charge in [-0.2, -0.15) is 0 Å². The molecule has 1 atom stereocenters. The van der Waals surface area contributed by atoms with Crippen LogP contribution >= 0.6 is 0 Å². The summed E-state index contributed by atoms with van der Waals surface area (Å²) in [4.78, 5) is 11.7. The van der Waals surface area contributed by atoms with Crippen molar-refractivity contribution in [2.45, 2.75) is 13.5 Å². The second-order valence-electron chi connectivity index (χ2n) is 5.41. The molecule has 2 aromatic rings. The van der Waals surface area contributed by atoms with Gasteiger partial charge in [0.1, 0.15) is 11.5 Å². The SMILES string of the molecule is CC(CO)CNC(=O)NCc1cccc(Oc2ccccc2)c1. The van der Waals surface area contributed by atoms with Crippen molar-refractivity contribution in [3.8, 4) is 11.5 Å². The molecule has 0 saturated heterocycles. The van der Waals surface area contributed by atoms with E-state index in [1.807, 2.05) is 61.5 Å². The van der Waals surface area contributed by atoms with Crippen molar-refractivity contribution in [1.82, 2.24) is 10.6 Å². The number of carbonyl (C=O) groups is 1. The first-order chi connectivity index (χ1) is 11.2. The van der Waals surface area contributed by atoms with Crippen molar-refractivity contribution in [2.24, 2.45) is 5.92 Å². The van der Waals surface area contributed by atoms with E-state index in [-0.39, 0.29) is 18.6 Å². The van der Waals surface area contributed by atoms with E-state index in [9.17, 15) is 4.79 Å². The molecule has 2 amide bonds. The molecule has 0 radical (unpaired) electrons. The van der Waals surface area contributed by atoms with Gasteiger partial charge in [0.25, 0.3) is 0 Å². The molecule has 0 aromatic heterocycles. The molecule has 0 saturated carbocycles. The predicted molar refractivity (Wildman–Crippen MR) is 89.4 cm³/mol. The molecule has 0 aliphatic carbocycles. The van der Waals surface area contributed by atoms with Crippen LogP contribution in [0.2, 0.25) is 0 Å². The van der Waals surface area contributed by atoms with Gasteiger partial charge < -0.3 is 20.5 Å². The number of aliphatic hydroxyl groups is 1. The van der Waals surface area contributed by atoms with Crippen LogP contribution in [0.3, 0.4) is 0 Å². The number of aliphatic hydroxyl groups excluding tert-OH is 1. The Kier molecular flexibility index (Phi) is 6.44. The van der Waals surface area contributed by atoms with E-state index in [2.05, 4.69) is 10.6 Å². The molecule has 0 spiro atoms. The first-order valence-electron chi connectivity index (χ1n) is 7.62. The van der Waals surface area contributed by atoms with E-state index >= 15 is 0 Å². The summed E-state index contributed by atoms with van der Waals surface area (Å²) in [5.41, 5.74) is 0.948. The largest absolute Gasteiger partial charge is 0.457 e. The van der Waals surface area contributed by atoms with Gasteiger partial charge in [0, 0.05) is 19.7 Å². The van der Waals surface area contributed by atoms with Crippen LogP contribution < -0.4 is 15.4 Å². The lowest BCUT2D eigenvalue weighted by molar-refractivity contribution is 0.222. The summed E-state index contributed by atoms with van der Waals surface area (Å²) in [6.45, 7) is 2.77. The maximum atomic E-state index is 11.7. The van der Waals surface area contributed by atoms with Crippen LogP contribution in [-0.4, -0.2) is 24.3 Å².